The van der Waals surface area contributed by atoms with Crippen LogP contribution >= 0.6 is 0 Å². The Morgan fingerprint density at radius 2 is 2.17 bits per heavy atom. The highest BCUT2D eigenvalue weighted by atomic mass is 16.5. The van der Waals surface area contributed by atoms with Crippen LogP contribution in [0.15, 0.2) is 0 Å². The standard InChI is InChI=1S/C10H16O2/c1-10-6-4-8(11)2-3-9(12-10)5-7-10/h9H,2-7H2,1H3/t9-,10+/m0/s1. The first kappa shape index (κ1) is 8.24. The second kappa shape index (κ2) is 2.84. The van der Waals surface area contributed by atoms with E-state index in [0.29, 0.717) is 11.9 Å². The van der Waals surface area contributed by atoms with Gasteiger partial charge in [0.05, 0.1) is 11.7 Å². The van der Waals surface area contributed by atoms with Crippen molar-refractivity contribution >= 4 is 5.78 Å². The maximum absolute atomic E-state index is 11.2. The summed E-state index contributed by atoms with van der Waals surface area (Å²) in [6.07, 6.45) is 6.02. The highest BCUT2D eigenvalue weighted by Gasteiger charge is 2.37. The lowest BCUT2D eigenvalue weighted by Gasteiger charge is -2.26. The fourth-order valence-corrected chi connectivity index (χ4v) is 2.22. The predicted molar refractivity (Wildman–Crippen MR) is 46.0 cm³/mol. The fourth-order valence-electron chi connectivity index (χ4n) is 2.22. The van der Waals surface area contributed by atoms with E-state index in [1.54, 1.807) is 0 Å². The molecule has 2 bridgehead atoms. The van der Waals surface area contributed by atoms with Gasteiger partial charge in [-0.3, -0.25) is 4.79 Å². The van der Waals surface area contributed by atoms with Crippen molar-refractivity contribution < 1.29 is 9.53 Å². The molecule has 2 fully saturated rings. The molecule has 0 aliphatic carbocycles. The lowest BCUT2D eigenvalue weighted by atomic mass is 9.95. The molecule has 0 aromatic heterocycles. The van der Waals surface area contributed by atoms with Crippen LogP contribution < -0.4 is 0 Å². The zero-order valence-electron chi connectivity index (χ0n) is 7.64. The number of fused-ring (bicyclic) bond motifs is 2. The molecule has 68 valence electrons. The zero-order valence-corrected chi connectivity index (χ0v) is 7.64. The Morgan fingerprint density at radius 1 is 1.33 bits per heavy atom. The quantitative estimate of drug-likeness (QED) is 0.553. The predicted octanol–water partition coefficient (Wildman–Crippen LogP) is 2.07. The molecule has 2 heteroatoms. The Bertz CT molecular complexity index is 200. The molecule has 2 rings (SSSR count). The molecule has 12 heavy (non-hydrogen) atoms. The lowest BCUT2D eigenvalue weighted by Crippen LogP contribution is -2.28. The number of carbonyl (C=O) groups is 1. The average molecular weight is 168 g/mol. The summed E-state index contributed by atoms with van der Waals surface area (Å²) in [5.41, 5.74) is 0.0285. The molecule has 0 amide bonds. The van der Waals surface area contributed by atoms with Crippen LogP contribution in [0.3, 0.4) is 0 Å². The summed E-state index contributed by atoms with van der Waals surface area (Å²) in [7, 11) is 0. The summed E-state index contributed by atoms with van der Waals surface area (Å²) >= 11 is 0. The fraction of sp³-hybridized carbons (Fsp3) is 0.900. The van der Waals surface area contributed by atoms with Crippen molar-refractivity contribution in [3.8, 4) is 0 Å². The minimum absolute atomic E-state index is 0.0285. The Hall–Kier alpha value is -0.370. The lowest BCUT2D eigenvalue weighted by molar-refractivity contribution is -0.124. The van der Waals surface area contributed by atoms with E-state index in [2.05, 4.69) is 6.92 Å². The Labute approximate surface area is 73.3 Å². The molecule has 0 N–H and O–H groups in total. The second-order valence-electron chi connectivity index (χ2n) is 4.31. The van der Waals surface area contributed by atoms with Crippen molar-refractivity contribution in [2.24, 2.45) is 0 Å². The van der Waals surface area contributed by atoms with E-state index in [1.165, 1.54) is 0 Å². The van der Waals surface area contributed by atoms with Gasteiger partial charge in [-0.2, -0.15) is 0 Å². The molecule has 0 saturated carbocycles. The van der Waals surface area contributed by atoms with Crippen molar-refractivity contribution in [3.05, 3.63) is 0 Å². The summed E-state index contributed by atoms with van der Waals surface area (Å²) in [6, 6.07) is 0. The van der Waals surface area contributed by atoms with Crippen LogP contribution in [0.25, 0.3) is 0 Å². The minimum atomic E-state index is 0.0285. The molecular formula is C10H16O2. The van der Waals surface area contributed by atoms with Gasteiger partial charge >= 0.3 is 0 Å². The maximum atomic E-state index is 11.2. The van der Waals surface area contributed by atoms with E-state index in [0.717, 1.165) is 38.5 Å². The molecule has 0 aromatic rings. The van der Waals surface area contributed by atoms with Gasteiger partial charge in [-0.25, -0.2) is 0 Å². The number of ether oxygens (including phenoxy) is 1. The molecule has 2 atom stereocenters. The van der Waals surface area contributed by atoms with Crippen LogP contribution in [0.4, 0.5) is 0 Å². The van der Waals surface area contributed by atoms with Crippen molar-refractivity contribution in [1.82, 2.24) is 0 Å². The third kappa shape index (κ3) is 1.53. The first-order valence-corrected chi connectivity index (χ1v) is 4.87. The minimum Gasteiger partial charge on any atom is -0.372 e. The summed E-state index contributed by atoms with van der Waals surface area (Å²) in [6.45, 7) is 2.14. The van der Waals surface area contributed by atoms with Gasteiger partial charge < -0.3 is 4.74 Å². The third-order valence-corrected chi connectivity index (χ3v) is 3.12. The van der Waals surface area contributed by atoms with Gasteiger partial charge in [-0.15, -0.1) is 0 Å². The monoisotopic (exact) mass is 168 g/mol. The largest absolute Gasteiger partial charge is 0.372 e. The number of carbonyl (C=O) groups excluding carboxylic acids is 1. The van der Waals surface area contributed by atoms with Gasteiger partial charge in [0.25, 0.3) is 0 Å². The third-order valence-electron chi connectivity index (χ3n) is 3.12. The van der Waals surface area contributed by atoms with Crippen molar-refractivity contribution in [2.45, 2.75) is 57.2 Å². The van der Waals surface area contributed by atoms with Gasteiger partial charge in [0.15, 0.2) is 0 Å². The average Bonchev–Trinajstić information content (AvgIpc) is 2.41. The number of hydrogen-bond acceptors (Lipinski definition) is 2. The van der Waals surface area contributed by atoms with E-state index in [9.17, 15) is 4.79 Å². The zero-order chi connectivity index (χ0) is 8.60. The van der Waals surface area contributed by atoms with E-state index in [4.69, 9.17) is 4.74 Å². The first-order chi connectivity index (χ1) is 5.68. The molecular weight excluding hydrogens is 152 g/mol. The van der Waals surface area contributed by atoms with Crippen molar-refractivity contribution in [3.63, 3.8) is 0 Å². The first-order valence-electron chi connectivity index (χ1n) is 4.87. The molecule has 2 saturated heterocycles. The van der Waals surface area contributed by atoms with Gasteiger partial charge in [-0.05, 0) is 32.6 Å². The maximum Gasteiger partial charge on any atom is 0.133 e. The highest BCUT2D eigenvalue weighted by Crippen LogP contribution is 2.37. The summed E-state index contributed by atoms with van der Waals surface area (Å²) in [5.74, 6) is 0.427. The summed E-state index contributed by atoms with van der Waals surface area (Å²) in [4.78, 5) is 11.2. The smallest absolute Gasteiger partial charge is 0.133 e. The number of rotatable bonds is 0. The Morgan fingerprint density at radius 3 is 3.00 bits per heavy atom. The van der Waals surface area contributed by atoms with Crippen molar-refractivity contribution in [1.29, 1.82) is 0 Å². The Balaban J connectivity index is 2.07. The molecule has 0 radical (unpaired) electrons. The normalized spacial score (nSPS) is 42.4. The summed E-state index contributed by atoms with van der Waals surface area (Å²) < 4.78 is 5.89. The van der Waals surface area contributed by atoms with Crippen LogP contribution in [0, 0.1) is 0 Å². The van der Waals surface area contributed by atoms with E-state index >= 15 is 0 Å². The van der Waals surface area contributed by atoms with Gasteiger partial charge in [0.1, 0.15) is 5.78 Å². The molecule has 2 aliphatic heterocycles. The number of hydrogen-bond donors (Lipinski definition) is 0. The second-order valence-corrected chi connectivity index (χ2v) is 4.31. The molecule has 2 aliphatic rings. The van der Waals surface area contributed by atoms with Gasteiger partial charge in [0.2, 0.25) is 0 Å². The van der Waals surface area contributed by atoms with Gasteiger partial charge in [0, 0.05) is 12.8 Å². The van der Waals surface area contributed by atoms with E-state index < -0.39 is 0 Å². The molecule has 0 aromatic carbocycles. The number of Topliss-reactive ketones (excluding diaryl/α,β-unsaturated/α-hetero) is 1. The topological polar surface area (TPSA) is 26.3 Å². The molecule has 0 spiro atoms. The van der Waals surface area contributed by atoms with Crippen LogP contribution in [0.5, 0.6) is 0 Å². The van der Waals surface area contributed by atoms with E-state index in [1.807, 2.05) is 0 Å². The molecule has 2 nitrogen and oxygen atoms in total. The van der Waals surface area contributed by atoms with Crippen LogP contribution in [-0.4, -0.2) is 17.5 Å². The molecule has 0 unspecified atom stereocenters. The van der Waals surface area contributed by atoms with Crippen LogP contribution in [0.2, 0.25) is 0 Å². The Kier molecular flexibility index (Phi) is 1.95. The van der Waals surface area contributed by atoms with Crippen LogP contribution in [0.1, 0.15) is 45.4 Å². The molecule has 2 heterocycles. The van der Waals surface area contributed by atoms with Crippen LogP contribution in [-0.2, 0) is 9.53 Å². The summed E-state index contributed by atoms with van der Waals surface area (Å²) in [5, 5.41) is 0. The van der Waals surface area contributed by atoms with E-state index in [-0.39, 0.29) is 5.60 Å². The SMILES string of the molecule is C[C@@]12CCC(=O)CC[C@@H](CC1)O2. The van der Waals surface area contributed by atoms with Gasteiger partial charge in [-0.1, -0.05) is 0 Å². The number of ketones is 1. The van der Waals surface area contributed by atoms with Crippen molar-refractivity contribution in [2.75, 3.05) is 0 Å². The highest BCUT2D eigenvalue weighted by molar-refractivity contribution is 5.78.